The van der Waals surface area contributed by atoms with Crippen LogP contribution in [0, 0.1) is 5.92 Å². The predicted octanol–water partition coefficient (Wildman–Crippen LogP) is 2.13. The Morgan fingerprint density at radius 2 is 1.96 bits per heavy atom. The van der Waals surface area contributed by atoms with Gasteiger partial charge in [-0.3, -0.25) is 4.79 Å². The van der Waals surface area contributed by atoms with E-state index in [1.807, 2.05) is 0 Å². The standard InChI is InChI=1S/C19H26N2O4/c1-24-19(23)15-8-14(18(22)21-16-6-3-7-20-11-16)9-17(10-15)25-12-13-4-2-5-13/h8-10,13,16,20H,2-7,11-12H2,1H3,(H,21,22)/t16-/m1/s1. The smallest absolute Gasteiger partial charge is 0.338 e. The summed E-state index contributed by atoms with van der Waals surface area (Å²) in [6, 6.07) is 5.02. The lowest BCUT2D eigenvalue weighted by Crippen LogP contribution is -2.45. The number of carbonyl (C=O) groups is 2. The Labute approximate surface area is 148 Å². The second kappa shape index (κ2) is 8.34. The number of piperidine rings is 1. The first kappa shape index (κ1) is 17.7. The third kappa shape index (κ3) is 4.72. The van der Waals surface area contributed by atoms with Crippen LogP contribution in [-0.2, 0) is 4.74 Å². The number of carbonyl (C=O) groups excluding carboxylic acids is 2. The van der Waals surface area contributed by atoms with Gasteiger partial charge in [-0.05, 0) is 56.3 Å². The highest BCUT2D eigenvalue weighted by Crippen LogP contribution is 2.28. The Morgan fingerprint density at radius 3 is 2.60 bits per heavy atom. The van der Waals surface area contributed by atoms with Crippen LogP contribution in [0.1, 0.15) is 52.8 Å². The number of rotatable bonds is 6. The summed E-state index contributed by atoms with van der Waals surface area (Å²) >= 11 is 0. The van der Waals surface area contributed by atoms with Gasteiger partial charge < -0.3 is 20.1 Å². The molecule has 136 valence electrons. The van der Waals surface area contributed by atoms with Gasteiger partial charge >= 0.3 is 5.97 Å². The average Bonchev–Trinajstić information content (AvgIpc) is 2.60. The highest BCUT2D eigenvalue weighted by Gasteiger charge is 2.21. The molecule has 1 aliphatic carbocycles. The van der Waals surface area contributed by atoms with Crippen LogP contribution in [0.15, 0.2) is 18.2 Å². The lowest BCUT2D eigenvalue weighted by atomic mass is 9.86. The molecule has 1 aromatic carbocycles. The van der Waals surface area contributed by atoms with Crippen molar-refractivity contribution in [3.05, 3.63) is 29.3 Å². The third-order valence-corrected chi connectivity index (χ3v) is 4.93. The number of benzene rings is 1. The molecule has 1 aliphatic heterocycles. The fourth-order valence-corrected chi connectivity index (χ4v) is 3.17. The summed E-state index contributed by atoms with van der Waals surface area (Å²) in [5.74, 6) is 0.463. The van der Waals surface area contributed by atoms with Crippen molar-refractivity contribution >= 4 is 11.9 Å². The molecule has 0 bridgehead atoms. The van der Waals surface area contributed by atoms with Crippen LogP contribution in [0.5, 0.6) is 5.75 Å². The molecule has 1 atom stereocenters. The van der Waals surface area contributed by atoms with E-state index in [0.717, 1.165) is 25.9 Å². The van der Waals surface area contributed by atoms with Crippen LogP contribution in [0.25, 0.3) is 0 Å². The van der Waals surface area contributed by atoms with E-state index in [1.54, 1.807) is 18.2 Å². The highest BCUT2D eigenvalue weighted by atomic mass is 16.5. The van der Waals surface area contributed by atoms with Crippen LogP contribution in [-0.4, -0.2) is 44.7 Å². The van der Waals surface area contributed by atoms with Crippen molar-refractivity contribution in [2.24, 2.45) is 5.92 Å². The van der Waals surface area contributed by atoms with Crippen LogP contribution in [0.2, 0.25) is 0 Å². The van der Waals surface area contributed by atoms with Crippen molar-refractivity contribution in [3.8, 4) is 5.75 Å². The summed E-state index contributed by atoms with van der Waals surface area (Å²) in [6.45, 7) is 2.38. The summed E-state index contributed by atoms with van der Waals surface area (Å²) in [5.41, 5.74) is 0.762. The molecule has 3 rings (SSSR count). The normalized spacial score (nSPS) is 20.4. The molecule has 0 aromatic heterocycles. The van der Waals surface area contributed by atoms with E-state index in [1.165, 1.54) is 26.4 Å². The quantitative estimate of drug-likeness (QED) is 0.772. The zero-order valence-corrected chi connectivity index (χ0v) is 14.7. The average molecular weight is 346 g/mol. The van der Waals surface area contributed by atoms with Crippen molar-refractivity contribution in [1.82, 2.24) is 10.6 Å². The largest absolute Gasteiger partial charge is 0.493 e. The SMILES string of the molecule is COC(=O)c1cc(OCC2CCC2)cc(C(=O)N[C@@H]2CCCNC2)c1. The molecule has 25 heavy (non-hydrogen) atoms. The fourth-order valence-electron chi connectivity index (χ4n) is 3.17. The molecule has 1 amide bonds. The minimum absolute atomic E-state index is 0.113. The second-order valence-electron chi connectivity index (χ2n) is 6.86. The molecule has 1 heterocycles. The Hall–Kier alpha value is -2.08. The second-order valence-corrected chi connectivity index (χ2v) is 6.86. The number of methoxy groups -OCH3 is 1. The third-order valence-electron chi connectivity index (χ3n) is 4.93. The lowest BCUT2D eigenvalue weighted by Gasteiger charge is -2.25. The number of hydrogen-bond acceptors (Lipinski definition) is 5. The molecular weight excluding hydrogens is 320 g/mol. The molecular formula is C19H26N2O4. The van der Waals surface area contributed by atoms with Crippen molar-refractivity contribution in [2.45, 2.75) is 38.1 Å². The van der Waals surface area contributed by atoms with Gasteiger partial charge in [0.05, 0.1) is 19.3 Å². The Bertz CT molecular complexity index is 622. The number of esters is 1. The summed E-state index contributed by atoms with van der Waals surface area (Å²) in [5, 5.41) is 6.30. The first-order chi connectivity index (χ1) is 12.2. The van der Waals surface area contributed by atoms with E-state index in [0.29, 0.717) is 29.4 Å². The first-order valence-electron chi connectivity index (χ1n) is 9.03. The van der Waals surface area contributed by atoms with Gasteiger partial charge in [0.2, 0.25) is 0 Å². The van der Waals surface area contributed by atoms with Gasteiger partial charge in [-0.25, -0.2) is 4.79 Å². The summed E-state index contributed by atoms with van der Waals surface area (Å²) in [7, 11) is 1.33. The topological polar surface area (TPSA) is 76.7 Å². The molecule has 2 aliphatic rings. The number of amides is 1. The summed E-state index contributed by atoms with van der Waals surface area (Å²) in [4.78, 5) is 24.5. The van der Waals surface area contributed by atoms with Crippen LogP contribution >= 0.6 is 0 Å². The molecule has 1 saturated heterocycles. The zero-order valence-electron chi connectivity index (χ0n) is 14.7. The molecule has 0 spiro atoms. The molecule has 2 fully saturated rings. The monoisotopic (exact) mass is 346 g/mol. The zero-order chi connectivity index (χ0) is 17.6. The predicted molar refractivity (Wildman–Crippen MR) is 94.0 cm³/mol. The van der Waals surface area contributed by atoms with Gasteiger partial charge in [0.15, 0.2) is 0 Å². The van der Waals surface area contributed by atoms with Gasteiger partial charge in [-0.1, -0.05) is 6.42 Å². The fraction of sp³-hybridized carbons (Fsp3) is 0.579. The molecule has 0 radical (unpaired) electrons. The van der Waals surface area contributed by atoms with Gasteiger partial charge in [0.1, 0.15) is 5.75 Å². The van der Waals surface area contributed by atoms with Crippen LogP contribution < -0.4 is 15.4 Å². The molecule has 6 heteroatoms. The molecule has 2 N–H and O–H groups in total. The van der Waals surface area contributed by atoms with Crippen molar-refractivity contribution in [3.63, 3.8) is 0 Å². The van der Waals surface area contributed by atoms with Crippen molar-refractivity contribution < 1.29 is 19.1 Å². The van der Waals surface area contributed by atoms with E-state index in [4.69, 9.17) is 9.47 Å². The minimum Gasteiger partial charge on any atom is -0.493 e. The van der Waals surface area contributed by atoms with Gasteiger partial charge in [0, 0.05) is 18.2 Å². The van der Waals surface area contributed by atoms with Crippen molar-refractivity contribution in [2.75, 3.05) is 26.8 Å². The number of ether oxygens (including phenoxy) is 2. The first-order valence-corrected chi connectivity index (χ1v) is 9.03. The van der Waals surface area contributed by atoms with Gasteiger partial charge in [-0.15, -0.1) is 0 Å². The Morgan fingerprint density at radius 1 is 1.16 bits per heavy atom. The summed E-state index contributed by atoms with van der Waals surface area (Å²) in [6.07, 6.45) is 5.61. The molecule has 1 aromatic rings. The van der Waals surface area contributed by atoms with Crippen molar-refractivity contribution in [1.29, 1.82) is 0 Å². The lowest BCUT2D eigenvalue weighted by molar-refractivity contribution is 0.0600. The van der Waals surface area contributed by atoms with E-state index >= 15 is 0 Å². The van der Waals surface area contributed by atoms with Gasteiger partial charge in [0.25, 0.3) is 5.91 Å². The van der Waals surface area contributed by atoms with E-state index < -0.39 is 5.97 Å². The Balaban J connectivity index is 1.72. The maximum absolute atomic E-state index is 12.6. The number of nitrogens with one attached hydrogen (secondary N) is 2. The minimum atomic E-state index is -0.470. The van der Waals surface area contributed by atoms with Crippen LogP contribution in [0.4, 0.5) is 0 Å². The highest BCUT2D eigenvalue weighted by molar-refractivity contribution is 5.98. The maximum atomic E-state index is 12.6. The van der Waals surface area contributed by atoms with E-state index in [2.05, 4.69) is 10.6 Å². The maximum Gasteiger partial charge on any atom is 0.338 e. The molecule has 6 nitrogen and oxygen atoms in total. The van der Waals surface area contributed by atoms with E-state index in [-0.39, 0.29) is 11.9 Å². The van der Waals surface area contributed by atoms with E-state index in [9.17, 15) is 9.59 Å². The Kier molecular flexibility index (Phi) is 5.91. The van der Waals surface area contributed by atoms with Gasteiger partial charge in [-0.2, -0.15) is 0 Å². The van der Waals surface area contributed by atoms with Crippen LogP contribution in [0.3, 0.4) is 0 Å². The molecule has 1 saturated carbocycles. The number of hydrogen-bond donors (Lipinski definition) is 2. The summed E-state index contributed by atoms with van der Waals surface area (Å²) < 4.78 is 10.6. The molecule has 0 unspecified atom stereocenters.